The third kappa shape index (κ3) is 3.41. The first-order chi connectivity index (χ1) is 10.8. The maximum absolute atomic E-state index is 13.9. The highest BCUT2D eigenvalue weighted by atomic mass is 19.2. The third-order valence-electron chi connectivity index (χ3n) is 3.48. The second-order valence-corrected chi connectivity index (χ2v) is 5.09. The SMILES string of the molecule is CC(=O)c1cc(F)c(NC(=O)[C@H](C)c2ccccc2)c(F)c1F. The van der Waals surface area contributed by atoms with E-state index < -0.39 is 46.3 Å². The molecule has 0 fully saturated rings. The maximum atomic E-state index is 13.9. The zero-order valence-electron chi connectivity index (χ0n) is 12.5. The van der Waals surface area contributed by atoms with Gasteiger partial charge in [0, 0.05) is 0 Å². The fourth-order valence-corrected chi connectivity index (χ4v) is 2.09. The number of hydrogen-bond donors (Lipinski definition) is 1. The van der Waals surface area contributed by atoms with Crippen LogP contribution in [-0.2, 0) is 4.79 Å². The molecule has 23 heavy (non-hydrogen) atoms. The van der Waals surface area contributed by atoms with Gasteiger partial charge in [0.15, 0.2) is 23.2 Å². The van der Waals surface area contributed by atoms with Gasteiger partial charge in [-0.3, -0.25) is 9.59 Å². The number of amides is 1. The zero-order valence-corrected chi connectivity index (χ0v) is 12.5. The molecule has 0 bridgehead atoms. The molecular formula is C17H14F3NO2. The standard InChI is InChI=1S/C17H14F3NO2/c1-9(11-6-4-3-5-7-11)17(23)21-16-13(18)8-12(10(2)22)14(19)15(16)20/h3-9H,1-2H3,(H,21,23)/t9-/m1/s1. The number of carbonyl (C=O) groups excluding carboxylic acids is 2. The van der Waals surface area contributed by atoms with E-state index in [1.807, 2.05) is 5.32 Å². The molecule has 0 aliphatic carbocycles. The number of benzene rings is 2. The number of rotatable bonds is 4. The average Bonchev–Trinajstić information content (AvgIpc) is 2.54. The van der Waals surface area contributed by atoms with Gasteiger partial charge >= 0.3 is 0 Å². The Morgan fingerprint density at radius 2 is 1.65 bits per heavy atom. The van der Waals surface area contributed by atoms with Gasteiger partial charge in [0.25, 0.3) is 0 Å². The van der Waals surface area contributed by atoms with Gasteiger partial charge in [-0.05, 0) is 25.5 Å². The Kier molecular flexibility index (Phi) is 4.83. The van der Waals surface area contributed by atoms with E-state index in [4.69, 9.17) is 0 Å². The molecule has 2 rings (SSSR count). The molecule has 0 aliphatic rings. The van der Waals surface area contributed by atoms with Crippen LogP contribution in [-0.4, -0.2) is 11.7 Å². The Labute approximate surface area is 131 Å². The Bertz CT molecular complexity index is 760. The van der Waals surface area contributed by atoms with E-state index in [1.54, 1.807) is 37.3 Å². The number of halogens is 3. The first kappa shape index (κ1) is 16.7. The fourth-order valence-electron chi connectivity index (χ4n) is 2.09. The van der Waals surface area contributed by atoms with E-state index in [9.17, 15) is 22.8 Å². The van der Waals surface area contributed by atoms with Gasteiger partial charge < -0.3 is 5.32 Å². The number of hydrogen-bond acceptors (Lipinski definition) is 2. The van der Waals surface area contributed by atoms with Crippen molar-refractivity contribution < 1.29 is 22.8 Å². The lowest BCUT2D eigenvalue weighted by Gasteiger charge is -2.14. The molecule has 1 atom stereocenters. The minimum atomic E-state index is -1.59. The molecule has 0 aliphatic heterocycles. The molecule has 2 aromatic rings. The molecule has 1 N–H and O–H groups in total. The molecule has 2 aromatic carbocycles. The van der Waals surface area contributed by atoms with E-state index in [1.165, 1.54) is 0 Å². The number of carbonyl (C=O) groups is 2. The van der Waals surface area contributed by atoms with Gasteiger partial charge in [-0.25, -0.2) is 13.2 Å². The summed E-state index contributed by atoms with van der Waals surface area (Å²) in [7, 11) is 0. The van der Waals surface area contributed by atoms with Crippen molar-refractivity contribution in [2.45, 2.75) is 19.8 Å². The molecule has 1 amide bonds. The maximum Gasteiger partial charge on any atom is 0.231 e. The predicted molar refractivity (Wildman–Crippen MR) is 79.8 cm³/mol. The normalized spacial score (nSPS) is 11.9. The van der Waals surface area contributed by atoms with Gasteiger partial charge in [-0.2, -0.15) is 0 Å². The fraction of sp³-hybridized carbons (Fsp3) is 0.176. The van der Waals surface area contributed by atoms with Gasteiger partial charge in [0.2, 0.25) is 5.91 Å². The summed E-state index contributed by atoms with van der Waals surface area (Å²) in [6, 6.07) is 9.17. The van der Waals surface area contributed by atoms with Crippen LogP contribution in [0.4, 0.5) is 18.9 Å². The first-order valence-electron chi connectivity index (χ1n) is 6.87. The van der Waals surface area contributed by atoms with E-state index in [-0.39, 0.29) is 0 Å². The molecule has 0 unspecified atom stereocenters. The number of nitrogens with one attached hydrogen (secondary N) is 1. The second kappa shape index (κ2) is 6.64. The number of Topliss-reactive ketones (excluding diaryl/α,β-unsaturated/α-hetero) is 1. The smallest absolute Gasteiger partial charge is 0.231 e. The van der Waals surface area contributed by atoms with Crippen LogP contribution in [0.1, 0.15) is 35.7 Å². The van der Waals surface area contributed by atoms with E-state index in [0.29, 0.717) is 11.6 Å². The van der Waals surface area contributed by atoms with Crippen molar-refractivity contribution in [2.75, 3.05) is 5.32 Å². The molecule has 3 nitrogen and oxygen atoms in total. The number of ketones is 1. The van der Waals surface area contributed by atoms with Crippen LogP contribution in [0.3, 0.4) is 0 Å². The summed E-state index contributed by atoms with van der Waals surface area (Å²) in [6.45, 7) is 2.55. The molecule has 0 saturated heterocycles. The highest BCUT2D eigenvalue weighted by Gasteiger charge is 2.24. The average molecular weight is 321 g/mol. The van der Waals surface area contributed by atoms with Crippen molar-refractivity contribution in [1.29, 1.82) is 0 Å². The van der Waals surface area contributed by atoms with Crippen LogP contribution in [0.2, 0.25) is 0 Å². The Morgan fingerprint density at radius 3 is 2.22 bits per heavy atom. The Hall–Kier alpha value is -2.63. The first-order valence-corrected chi connectivity index (χ1v) is 6.87. The summed E-state index contributed by atoms with van der Waals surface area (Å²) in [5.74, 6) is -6.47. The van der Waals surface area contributed by atoms with Crippen molar-refractivity contribution in [3.63, 3.8) is 0 Å². The lowest BCUT2D eigenvalue weighted by Crippen LogP contribution is -2.21. The monoisotopic (exact) mass is 321 g/mol. The van der Waals surface area contributed by atoms with E-state index in [0.717, 1.165) is 6.92 Å². The third-order valence-corrected chi connectivity index (χ3v) is 3.48. The van der Waals surface area contributed by atoms with Crippen molar-refractivity contribution in [3.8, 4) is 0 Å². The summed E-state index contributed by atoms with van der Waals surface area (Å²) in [5, 5.41) is 2.04. The van der Waals surface area contributed by atoms with E-state index in [2.05, 4.69) is 0 Å². The summed E-state index contributed by atoms with van der Waals surface area (Å²) < 4.78 is 41.6. The lowest BCUT2D eigenvalue weighted by molar-refractivity contribution is -0.117. The highest BCUT2D eigenvalue weighted by Crippen LogP contribution is 2.26. The quantitative estimate of drug-likeness (QED) is 0.682. The van der Waals surface area contributed by atoms with Crippen LogP contribution < -0.4 is 5.32 Å². The molecular weight excluding hydrogens is 307 g/mol. The predicted octanol–water partition coefficient (Wildman–Crippen LogP) is 4.05. The van der Waals surface area contributed by atoms with Crippen molar-refractivity contribution in [2.24, 2.45) is 0 Å². The molecule has 0 spiro atoms. The van der Waals surface area contributed by atoms with Gasteiger partial charge in [0.1, 0.15) is 5.69 Å². The largest absolute Gasteiger partial charge is 0.321 e. The second-order valence-electron chi connectivity index (χ2n) is 5.09. The summed E-state index contributed by atoms with van der Waals surface area (Å²) in [4.78, 5) is 23.3. The van der Waals surface area contributed by atoms with Crippen LogP contribution in [0.5, 0.6) is 0 Å². The van der Waals surface area contributed by atoms with Crippen LogP contribution in [0.15, 0.2) is 36.4 Å². The van der Waals surface area contributed by atoms with Crippen LogP contribution in [0.25, 0.3) is 0 Å². The molecule has 0 radical (unpaired) electrons. The van der Waals surface area contributed by atoms with Crippen molar-refractivity contribution in [3.05, 3.63) is 65.0 Å². The van der Waals surface area contributed by atoms with Gasteiger partial charge in [-0.1, -0.05) is 30.3 Å². The summed E-state index contributed by atoms with van der Waals surface area (Å²) in [6.07, 6.45) is 0. The molecule has 120 valence electrons. The molecule has 6 heteroatoms. The minimum Gasteiger partial charge on any atom is -0.321 e. The summed E-state index contributed by atoms with van der Waals surface area (Å²) >= 11 is 0. The van der Waals surface area contributed by atoms with Crippen molar-refractivity contribution >= 4 is 17.4 Å². The topological polar surface area (TPSA) is 46.2 Å². The molecule has 0 saturated carbocycles. The minimum absolute atomic E-state index is 0.573. The van der Waals surface area contributed by atoms with Crippen molar-refractivity contribution in [1.82, 2.24) is 0 Å². The highest BCUT2D eigenvalue weighted by molar-refractivity contribution is 5.98. The van der Waals surface area contributed by atoms with Crippen LogP contribution >= 0.6 is 0 Å². The van der Waals surface area contributed by atoms with E-state index >= 15 is 0 Å². The molecule has 0 aromatic heterocycles. The van der Waals surface area contributed by atoms with Gasteiger partial charge in [-0.15, -0.1) is 0 Å². The Balaban J connectivity index is 2.32. The lowest BCUT2D eigenvalue weighted by atomic mass is 10.0. The number of anilines is 1. The van der Waals surface area contributed by atoms with Crippen LogP contribution in [0, 0.1) is 17.5 Å². The molecule has 0 heterocycles. The Morgan fingerprint density at radius 1 is 1.04 bits per heavy atom. The summed E-state index contributed by atoms with van der Waals surface area (Å²) in [5.41, 5.74) is -0.957. The zero-order chi connectivity index (χ0) is 17.1. The van der Waals surface area contributed by atoms with Gasteiger partial charge in [0.05, 0.1) is 11.5 Å².